The summed E-state index contributed by atoms with van der Waals surface area (Å²) in [4.78, 5) is 2.10. The highest BCUT2D eigenvalue weighted by atomic mass is 35.5. The molecule has 2 rings (SSSR count). The molecular formula is C15H15ClF2S. The molecular weight excluding hydrogens is 286 g/mol. The number of hydrogen-bond donors (Lipinski definition) is 0. The molecule has 0 saturated carbocycles. The van der Waals surface area contributed by atoms with Crippen molar-refractivity contribution >= 4 is 22.9 Å². The van der Waals surface area contributed by atoms with Crippen molar-refractivity contribution in [3.05, 3.63) is 57.3 Å². The third-order valence-corrected chi connectivity index (χ3v) is 4.99. The number of benzene rings is 1. The molecule has 102 valence electrons. The van der Waals surface area contributed by atoms with Crippen LogP contribution in [0.3, 0.4) is 0 Å². The highest BCUT2D eigenvalue weighted by Crippen LogP contribution is 2.38. The van der Waals surface area contributed by atoms with Gasteiger partial charge in [-0.15, -0.1) is 22.9 Å². The van der Waals surface area contributed by atoms with E-state index in [1.54, 1.807) is 11.3 Å². The monoisotopic (exact) mass is 300 g/mol. The van der Waals surface area contributed by atoms with E-state index in [9.17, 15) is 8.78 Å². The van der Waals surface area contributed by atoms with Crippen molar-refractivity contribution < 1.29 is 8.78 Å². The molecule has 0 saturated heterocycles. The minimum absolute atomic E-state index is 0.0483. The lowest BCUT2D eigenvalue weighted by atomic mass is 9.95. The lowest BCUT2D eigenvalue weighted by Crippen LogP contribution is -2.07. The van der Waals surface area contributed by atoms with Crippen LogP contribution in [0.1, 0.15) is 41.5 Å². The number of hydrogen-bond acceptors (Lipinski definition) is 1. The Balaban J connectivity index is 2.33. The Bertz CT molecular complexity index is 564. The number of thiophene rings is 1. The maximum absolute atomic E-state index is 13.2. The molecule has 0 fully saturated rings. The van der Waals surface area contributed by atoms with Gasteiger partial charge >= 0.3 is 0 Å². The number of halogens is 3. The molecule has 0 aliphatic heterocycles. The quantitative estimate of drug-likeness (QED) is 0.628. The SMILES string of the molecule is CC(C)(C)c1ccc(C(Cl)c2cc(F)cc(F)c2)s1. The van der Waals surface area contributed by atoms with Crippen LogP contribution in [0.4, 0.5) is 8.78 Å². The van der Waals surface area contributed by atoms with Gasteiger partial charge in [-0.05, 0) is 35.2 Å². The van der Waals surface area contributed by atoms with Crippen LogP contribution in [0.2, 0.25) is 0 Å². The minimum atomic E-state index is -0.603. The standard InChI is InChI=1S/C15H15ClF2S/c1-15(2,3)13-5-4-12(19-13)14(16)9-6-10(17)8-11(18)7-9/h4-8,14H,1-3H3. The van der Waals surface area contributed by atoms with Gasteiger partial charge in [0.05, 0.1) is 5.38 Å². The van der Waals surface area contributed by atoms with E-state index in [0.717, 1.165) is 10.9 Å². The van der Waals surface area contributed by atoms with Gasteiger partial charge in [-0.3, -0.25) is 0 Å². The van der Waals surface area contributed by atoms with Crippen molar-refractivity contribution in [2.24, 2.45) is 0 Å². The van der Waals surface area contributed by atoms with E-state index in [2.05, 4.69) is 20.8 Å². The molecule has 19 heavy (non-hydrogen) atoms. The first-order chi connectivity index (χ1) is 8.77. The second-order valence-corrected chi connectivity index (χ2v) is 7.07. The highest BCUT2D eigenvalue weighted by molar-refractivity contribution is 7.12. The van der Waals surface area contributed by atoms with Gasteiger partial charge in [0.25, 0.3) is 0 Å². The van der Waals surface area contributed by atoms with Crippen molar-refractivity contribution in [1.29, 1.82) is 0 Å². The van der Waals surface area contributed by atoms with E-state index in [0.29, 0.717) is 5.56 Å². The van der Waals surface area contributed by atoms with E-state index < -0.39 is 17.0 Å². The fourth-order valence-corrected chi connectivity index (χ4v) is 3.18. The zero-order valence-electron chi connectivity index (χ0n) is 11.0. The predicted molar refractivity (Wildman–Crippen MR) is 77.1 cm³/mol. The molecule has 1 atom stereocenters. The van der Waals surface area contributed by atoms with E-state index in [-0.39, 0.29) is 5.41 Å². The first kappa shape index (κ1) is 14.5. The average Bonchev–Trinajstić information content (AvgIpc) is 2.75. The summed E-state index contributed by atoms with van der Waals surface area (Å²) in [5.41, 5.74) is 0.494. The van der Waals surface area contributed by atoms with Crippen molar-refractivity contribution in [3.63, 3.8) is 0 Å². The molecule has 0 aliphatic rings. The van der Waals surface area contributed by atoms with E-state index in [4.69, 9.17) is 11.6 Å². The van der Waals surface area contributed by atoms with E-state index in [1.807, 2.05) is 12.1 Å². The van der Waals surface area contributed by atoms with Crippen LogP contribution in [0.5, 0.6) is 0 Å². The van der Waals surface area contributed by atoms with Crippen LogP contribution in [-0.4, -0.2) is 0 Å². The lowest BCUT2D eigenvalue weighted by Gasteiger charge is -2.15. The van der Waals surface area contributed by atoms with Crippen molar-refractivity contribution in [2.45, 2.75) is 31.6 Å². The average molecular weight is 301 g/mol. The molecule has 0 N–H and O–H groups in total. The van der Waals surface area contributed by atoms with Gasteiger partial charge in [0.1, 0.15) is 11.6 Å². The molecule has 1 aromatic carbocycles. The first-order valence-corrected chi connectivity index (χ1v) is 7.23. The summed E-state index contributed by atoms with van der Waals surface area (Å²) in [6.45, 7) is 6.36. The van der Waals surface area contributed by atoms with Gasteiger partial charge in [0.15, 0.2) is 0 Å². The summed E-state index contributed by atoms with van der Waals surface area (Å²) in [5.74, 6) is -1.21. The molecule has 1 unspecified atom stereocenters. The van der Waals surface area contributed by atoms with Crippen LogP contribution in [0, 0.1) is 11.6 Å². The van der Waals surface area contributed by atoms with Gasteiger partial charge in [0, 0.05) is 15.8 Å². The lowest BCUT2D eigenvalue weighted by molar-refractivity contribution is 0.580. The summed E-state index contributed by atoms with van der Waals surface area (Å²) in [5, 5.41) is -0.522. The van der Waals surface area contributed by atoms with Crippen molar-refractivity contribution in [1.82, 2.24) is 0 Å². The van der Waals surface area contributed by atoms with Crippen LogP contribution in [0.15, 0.2) is 30.3 Å². The molecule has 2 aromatic rings. The summed E-state index contributed by atoms with van der Waals surface area (Å²) in [6.07, 6.45) is 0. The molecule has 0 aliphatic carbocycles. The molecule has 0 amide bonds. The Morgan fingerprint density at radius 3 is 2.11 bits per heavy atom. The molecule has 4 heteroatoms. The molecule has 1 heterocycles. The maximum Gasteiger partial charge on any atom is 0.126 e. The zero-order valence-corrected chi connectivity index (χ0v) is 12.6. The molecule has 0 nitrogen and oxygen atoms in total. The Morgan fingerprint density at radius 2 is 1.63 bits per heavy atom. The second-order valence-electron chi connectivity index (χ2n) is 5.52. The number of alkyl halides is 1. The summed E-state index contributed by atoms with van der Waals surface area (Å²) in [6, 6.07) is 7.34. The van der Waals surface area contributed by atoms with Gasteiger partial charge in [0.2, 0.25) is 0 Å². The second kappa shape index (κ2) is 5.22. The zero-order chi connectivity index (χ0) is 14.2. The maximum atomic E-state index is 13.2. The third-order valence-electron chi connectivity index (χ3n) is 2.79. The molecule has 0 bridgehead atoms. The minimum Gasteiger partial charge on any atom is -0.207 e. The Hall–Kier alpha value is -0.930. The molecule has 0 spiro atoms. The summed E-state index contributed by atoms with van der Waals surface area (Å²) in [7, 11) is 0. The summed E-state index contributed by atoms with van der Waals surface area (Å²) >= 11 is 7.89. The Kier molecular flexibility index (Phi) is 3.98. The van der Waals surface area contributed by atoms with Crippen molar-refractivity contribution in [3.8, 4) is 0 Å². The van der Waals surface area contributed by atoms with E-state index in [1.165, 1.54) is 17.0 Å². The van der Waals surface area contributed by atoms with Crippen molar-refractivity contribution in [2.75, 3.05) is 0 Å². The smallest absolute Gasteiger partial charge is 0.126 e. The van der Waals surface area contributed by atoms with E-state index >= 15 is 0 Å². The highest BCUT2D eigenvalue weighted by Gasteiger charge is 2.20. The van der Waals surface area contributed by atoms with Gasteiger partial charge in [-0.1, -0.05) is 20.8 Å². The fourth-order valence-electron chi connectivity index (χ4n) is 1.78. The normalized spacial score (nSPS) is 13.6. The van der Waals surface area contributed by atoms with Crippen LogP contribution < -0.4 is 0 Å². The van der Waals surface area contributed by atoms with Crippen LogP contribution >= 0.6 is 22.9 Å². The van der Waals surface area contributed by atoms with Crippen LogP contribution in [0.25, 0.3) is 0 Å². The third kappa shape index (κ3) is 3.34. The van der Waals surface area contributed by atoms with Gasteiger partial charge < -0.3 is 0 Å². The summed E-state index contributed by atoms with van der Waals surface area (Å²) < 4.78 is 26.4. The van der Waals surface area contributed by atoms with Gasteiger partial charge in [-0.2, -0.15) is 0 Å². The number of rotatable bonds is 2. The van der Waals surface area contributed by atoms with Crippen LogP contribution in [-0.2, 0) is 5.41 Å². The Labute approximate surface area is 121 Å². The molecule has 1 aromatic heterocycles. The molecule has 0 radical (unpaired) electrons. The van der Waals surface area contributed by atoms with Gasteiger partial charge in [-0.25, -0.2) is 8.78 Å². The Morgan fingerprint density at radius 1 is 1.05 bits per heavy atom. The predicted octanol–water partition coefficient (Wildman–Crippen LogP) is 5.65. The fraction of sp³-hybridized carbons (Fsp3) is 0.333. The first-order valence-electron chi connectivity index (χ1n) is 5.97. The largest absolute Gasteiger partial charge is 0.207 e. The topological polar surface area (TPSA) is 0 Å².